The van der Waals surface area contributed by atoms with E-state index < -0.39 is 0 Å². The number of carbonyl (C=O) groups excluding carboxylic acids is 2. The van der Waals surface area contributed by atoms with Gasteiger partial charge in [-0.2, -0.15) is 0 Å². The maximum atomic E-state index is 13.0. The Hall–Kier alpha value is -3.60. The van der Waals surface area contributed by atoms with Crippen molar-refractivity contribution in [2.24, 2.45) is 0 Å². The van der Waals surface area contributed by atoms with Gasteiger partial charge in [-0.25, -0.2) is 4.79 Å². The lowest BCUT2D eigenvalue weighted by molar-refractivity contribution is 0.0985. The van der Waals surface area contributed by atoms with Gasteiger partial charge in [-0.05, 0) is 61.1 Å². The Bertz CT molecular complexity index is 1040. The molecule has 0 radical (unpaired) electrons. The zero-order chi connectivity index (χ0) is 21.5. The predicted molar refractivity (Wildman–Crippen MR) is 125 cm³/mol. The van der Waals surface area contributed by atoms with Crippen molar-refractivity contribution in [3.8, 4) is 0 Å². The number of benzene rings is 3. The monoisotopic (exact) mass is 413 g/mol. The summed E-state index contributed by atoms with van der Waals surface area (Å²) in [4.78, 5) is 27.2. The van der Waals surface area contributed by atoms with E-state index in [-0.39, 0.29) is 11.9 Å². The second kappa shape index (κ2) is 9.94. The summed E-state index contributed by atoms with van der Waals surface area (Å²) >= 11 is 0. The minimum Gasteiger partial charge on any atom is -0.338 e. The van der Waals surface area contributed by atoms with Gasteiger partial charge in [-0.3, -0.25) is 4.79 Å². The Labute approximate surface area is 183 Å². The van der Waals surface area contributed by atoms with Crippen LogP contribution in [0.4, 0.5) is 16.2 Å². The van der Waals surface area contributed by atoms with Crippen molar-refractivity contribution in [2.45, 2.75) is 25.7 Å². The Balaban J connectivity index is 1.36. The highest BCUT2D eigenvalue weighted by Gasteiger charge is 2.24. The predicted octanol–water partition coefficient (Wildman–Crippen LogP) is 5.03. The highest BCUT2D eigenvalue weighted by atomic mass is 16.2. The first-order valence-electron chi connectivity index (χ1n) is 10.8. The van der Waals surface area contributed by atoms with Crippen LogP contribution in [0.2, 0.25) is 0 Å². The molecule has 5 nitrogen and oxygen atoms in total. The Morgan fingerprint density at radius 2 is 1.65 bits per heavy atom. The molecule has 3 aromatic rings. The number of nitrogens with zero attached hydrogens (tertiary/aromatic N) is 1. The molecule has 2 N–H and O–H groups in total. The second-order valence-electron chi connectivity index (χ2n) is 7.74. The molecule has 158 valence electrons. The zero-order valence-corrected chi connectivity index (χ0v) is 17.5. The van der Waals surface area contributed by atoms with Gasteiger partial charge < -0.3 is 15.5 Å². The van der Waals surface area contributed by atoms with E-state index >= 15 is 0 Å². The molecule has 1 aliphatic heterocycles. The van der Waals surface area contributed by atoms with Crippen LogP contribution in [0.3, 0.4) is 0 Å². The van der Waals surface area contributed by atoms with Crippen molar-refractivity contribution in [3.05, 3.63) is 95.6 Å². The van der Waals surface area contributed by atoms with Gasteiger partial charge in [-0.15, -0.1) is 0 Å². The summed E-state index contributed by atoms with van der Waals surface area (Å²) in [6.07, 6.45) is 3.66. The lowest BCUT2D eigenvalue weighted by Crippen LogP contribution is -2.35. The Morgan fingerprint density at radius 3 is 2.42 bits per heavy atom. The van der Waals surface area contributed by atoms with Crippen LogP contribution in [0.1, 0.15) is 34.3 Å². The normalized spacial score (nSPS) is 12.7. The van der Waals surface area contributed by atoms with E-state index in [9.17, 15) is 9.59 Å². The molecule has 0 atom stereocenters. The largest absolute Gasteiger partial charge is 0.338 e. The van der Waals surface area contributed by atoms with Crippen LogP contribution in [0, 0.1) is 0 Å². The van der Waals surface area contributed by atoms with Crippen LogP contribution in [-0.4, -0.2) is 25.0 Å². The first-order valence-corrected chi connectivity index (χ1v) is 10.8. The maximum absolute atomic E-state index is 13.0. The summed E-state index contributed by atoms with van der Waals surface area (Å²) in [5.74, 6) is -0.0101. The van der Waals surface area contributed by atoms with E-state index in [0.717, 1.165) is 36.9 Å². The number of nitrogens with one attached hydrogen (secondary N) is 2. The standard InChI is InChI=1S/C26H27N3O2/c30-25(22-12-5-2-6-13-22)29-18-8-14-21-15-16-23(19-24(21)29)28-26(31)27-17-7-11-20-9-3-1-4-10-20/h1-6,9-10,12-13,15-16,19H,7-8,11,14,17-18H2,(H2,27,28,31). The molecule has 0 spiro atoms. The van der Waals surface area contributed by atoms with Crippen LogP contribution in [0.25, 0.3) is 0 Å². The van der Waals surface area contributed by atoms with Crippen LogP contribution in [0.15, 0.2) is 78.9 Å². The van der Waals surface area contributed by atoms with Gasteiger partial charge in [0.05, 0.1) is 0 Å². The number of fused-ring (bicyclic) bond motifs is 1. The van der Waals surface area contributed by atoms with Crippen molar-refractivity contribution >= 4 is 23.3 Å². The van der Waals surface area contributed by atoms with Crippen LogP contribution < -0.4 is 15.5 Å². The fourth-order valence-corrected chi connectivity index (χ4v) is 3.91. The summed E-state index contributed by atoms with van der Waals surface area (Å²) in [6.45, 7) is 1.28. The van der Waals surface area contributed by atoms with Crippen molar-refractivity contribution in [2.75, 3.05) is 23.3 Å². The molecule has 0 aliphatic carbocycles. The average molecular weight is 414 g/mol. The smallest absolute Gasteiger partial charge is 0.319 e. The molecule has 3 amide bonds. The third-order valence-corrected chi connectivity index (χ3v) is 5.50. The van der Waals surface area contributed by atoms with Crippen molar-refractivity contribution < 1.29 is 9.59 Å². The van der Waals surface area contributed by atoms with Gasteiger partial charge in [0.2, 0.25) is 0 Å². The van der Waals surface area contributed by atoms with E-state index in [4.69, 9.17) is 0 Å². The highest BCUT2D eigenvalue weighted by Crippen LogP contribution is 2.31. The SMILES string of the molecule is O=C(NCCCc1ccccc1)Nc1ccc2c(c1)N(C(=O)c1ccccc1)CCC2. The van der Waals surface area contributed by atoms with Gasteiger partial charge in [0.1, 0.15) is 0 Å². The summed E-state index contributed by atoms with van der Waals surface area (Å²) < 4.78 is 0. The molecule has 3 aromatic carbocycles. The molecular formula is C26H27N3O2. The van der Waals surface area contributed by atoms with Gasteiger partial charge in [-0.1, -0.05) is 54.6 Å². The molecule has 31 heavy (non-hydrogen) atoms. The van der Waals surface area contributed by atoms with Crippen LogP contribution >= 0.6 is 0 Å². The summed E-state index contributed by atoms with van der Waals surface area (Å²) in [5, 5.41) is 5.81. The third kappa shape index (κ3) is 5.31. The quantitative estimate of drug-likeness (QED) is 0.557. The van der Waals surface area contributed by atoms with E-state index in [2.05, 4.69) is 22.8 Å². The summed E-state index contributed by atoms with van der Waals surface area (Å²) in [7, 11) is 0. The van der Waals surface area contributed by atoms with Gasteiger partial charge in [0, 0.05) is 30.0 Å². The highest BCUT2D eigenvalue weighted by molar-refractivity contribution is 6.07. The first-order chi connectivity index (χ1) is 15.2. The number of rotatable bonds is 6. The van der Waals surface area contributed by atoms with Gasteiger partial charge >= 0.3 is 6.03 Å². The number of amides is 3. The molecule has 0 saturated carbocycles. The van der Waals surface area contributed by atoms with Crippen LogP contribution in [-0.2, 0) is 12.8 Å². The Morgan fingerprint density at radius 1 is 0.903 bits per heavy atom. The molecule has 4 rings (SSSR count). The molecule has 5 heteroatoms. The Kier molecular flexibility index (Phi) is 6.62. The average Bonchev–Trinajstić information content (AvgIpc) is 2.82. The number of aryl methyl sites for hydroxylation is 2. The molecular weight excluding hydrogens is 386 g/mol. The number of hydrogen-bond acceptors (Lipinski definition) is 2. The number of urea groups is 1. The van der Waals surface area contributed by atoms with E-state index in [1.54, 1.807) is 0 Å². The van der Waals surface area contributed by atoms with Crippen molar-refractivity contribution in [1.29, 1.82) is 0 Å². The molecule has 0 bridgehead atoms. The molecule has 1 heterocycles. The fourth-order valence-electron chi connectivity index (χ4n) is 3.91. The second-order valence-corrected chi connectivity index (χ2v) is 7.74. The van der Waals surface area contributed by atoms with Gasteiger partial charge in [0.15, 0.2) is 0 Å². The van der Waals surface area contributed by atoms with Crippen LogP contribution in [0.5, 0.6) is 0 Å². The van der Waals surface area contributed by atoms with E-state index in [1.165, 1.54) is 5.56 Å². The zero-order valence-electron chi connectivity index (χ0n) is 17.5. The summed E-state index contributed by atoms with van der Waals surface area (Å²) in [6, 6.07) is 25.1. The molecule has 0 aromatic heterocycles. The maximum Gasteiger partial charge on any atom is 0.319 e. The number of hydrogen-bond donors (Lipinski definition) is 2. The number of anilines is 2. The molecule has 0 saturated heterocycles. The van der Waals surface area contributed by atoms with E-state index in [1.807, 2.05) is 71.6 Å². The minimum atomic E-state index is -0.232. The first kappa shape index (κ1) is 20.7. The number of carbonyl (C=O) groups is 2. The summed E-state index contributed by atoms with van der Waals surface area (Å²) in [5.41, 5.74) is 4.63. The lowest BCUT2D eigenvalue weighted by Gasteiger charge is -2.30. The lowest BCUT2D eigenvalue weighted by atomic mass is 10.00. The van der Waals surface area contributed by atoms with Crippen molar-refractivity contribution in [3.63, 3.8) is 0 Å². The fraction of sp³-hybridized carbons (Fsp3) is 0.231. The van der Waals surface area contributed by atoms with Crippen molar-refractivity contribution in [1.82, 2.24) is 5.32 Å². The van der Waals surface area contributed by atoms with Gasteiger partial charge in [0.25, 0.3) is 5.91 Å². The van der Waals surface area contributed by atoms with E-state index in [0.29, 0.717) is 24.3 Å². The minimum absolute atomic E-state index is 0.0101. The molecule has 1 aliphatic rings. The topological polar surface area (TPSA) is 61.4 Å². The molecule has 0 fully saturated rings. The molecule has 0 unspecified atom stereocenters. The third-order valence-electron chi connectivity index (χ3n) is 5.50.